The summed E-state index contributed by atoms with van der Waals surface area (Å²) in [6.45, 7) is 7.60. The number of phenolic OH excluding ortho intramolecular Hbond substituents is 1. The van der Waals surface area contributed by atoms with Crippen molar-refractivity contribution in [3.63, 3.8) is 0 Å². The van der Waals surface area contributed by atoms with Crippen molar-refractivity contribution in [2.45, 2.75) is 39.2 Å². The van der Waals surface area contributed by atoms with Crippen LogP contribution in [0.5, 0.6) is 5.75 Å². The van der Waals surface area contributed by atoms with Crippen LogP contribution < -0.4 is 5.73 Å². The van der Waals surface area contributed by atoms with Crippen LogP contribution in [0.2, 0.25) is 0 Å². The van der Waals surface area contributed by atoms with Crippen molar-refractivity contribution in [3.05, 3.63) is 28.8 Å². The lowest BCUT2D eigenvalue weighted by molar-refractivity contribution is -0.138. The van der Waals surface area contributed by atoms with Gasteiger partial charge in [0.1, 0.15) is 11.8 Å². The minimum Gasteiger partial charge on any atom is -0.507 e. The van der Waals surface area contributed by atoms with E-state index in [-0.39, 0.29) is 11.2 Å². The molecule has 4 heteroatoms. The summed E-state index contributed by atoms with van der Waals surface area (Å²) < 4.78 is 0. The summed E-state index contributed by atoms with van der Waals surface area (Å²) in [6.07, 6.45) is 0. The third-order valence-corrected chi connectivity index (χ3v) is 2.82. The molecule has 0 bridgehead atoms. The minimum absolute atomic E-state index is 0.00704. The van der Waals surface area contributed by atoms with Gasteiger partial charge < -0.3 is 15.9 Å². The topological polar surface area (TPSA) is 83.5 Å². The van der Waals surface area contributed by atoms with Crippen LogP contribution in [0.4, 0.5) is 0 Å². The van der Waals surface area contributed by atoms with Crippen LogP contribution in [-0.2, 0) is 10.2 Å². The number of aromatic hydroxyl groups is 1. The lowest BCUT2D eigenvalue weighted by Gasteiger charge is -2.24. The second-order valence-corrected chi connectivity index (χ2v) is 5.26. The molecular weight excluding hydrogens is 218 g/mol. The predicted octanol–water partition coefficient (Wildman–Crippen LogP) is 2.08. The van der Waals surface area contributed by atoms with Gasteiger partial charge in [0.2, 0.25) is 0 Å². The number of benzene rings is 1. The molecule has 0 heterocycles. The Morgan fingerprint density at radius 2 is 1.88 bits per heavy atom. The molecular formula is C13H19NO3. The van der Waals surface area contributed by atoms with Crippen molar-refractivity contribution < 1.29 is 15.0 Å². The number of aliphatic carboxylic acids is 1. The van der Waals surface area contributed by atoms with E-state index in [1.807, 2.05) is 26.8 Å². The fourth-order valence-corrected chi connectivity index (χ4v) is 1.83. The van der Waals surface area contributed by atoms with Crippen LogP contribution in [0.3, 0.4) is 0 Å². The number of nitrogens with two attached hydrogens (primary N) is 1. The minimum atomic E-state index is -1.20. The maximum absolute atomic E-state index is 10.9. The monoisotopic (exact) mass is 237 g/mol. The van der Waals surface area contributed by atoms with Gasteiger partial charge in [-0.3, -0.25) is 4.79 Å². The molecule has 0 saturated heterocycles. The Balaban J connectivity index is 3.45. The second kappa shape index (κ2) is 4.37. The van der Waals surface area contributed by atoms with Gasteiger partial charge in [0.25, 0.3) is 0 Å². The summed E-state index contributed by atoms with van der Waals surface area (Å²) in [5.41, 5.74) is 7.02. The Hall–Kier alpha value is -1.55. The fraction of sp³-hybridized carbons (Fsp3) is 0.462. The fourth-order valence-electron chi connectivity index (χ4n) is 1.83. The van der Waals surface area contributed by atoms with Crippen molar-refractivity contribution in [3.8, 4) is 5.75 Å². The first kappa shape index (κ1) is 13.5. The third kappa shape index (κ3) is 2.58. The SMILES string of the molecule is Cc1ccc(C(C)(C)C)c(O)c1C(N)C(=O)O. The number of phenols is 1. The summed E-state index contributed by atoms with van der Waals surface area (Å²) in [5, 5.41) is 19.1. The average Bonchev–Trinajstić information content (AvgIpc) is 2.14. The zero-order chi connectivity index (χ0) is 13.4. The number of hydrogen-bond acceptors (Lipinski definition) is 3. The third-order valence-electron chi connectivity index (χ3n) is 2.82. The summed E-state index contributed by atoms with van der Waals surface area (Å²) in [4.78, 5) is 10.9. The predicted molar refractivity (Wildman–Crippen MR) is 66.1 cm³/mol. The number of carboxylic acid groups (broad SMARTS) is 1. The molecule has 0 saturated carbocycles. The van der Waals surface area contributed by atoms with E-state index in [1.54, 1.807) is 13.0 Å². The van der Waals surface area contributed by atoms with Crippen LogP contribution in [0, 0.1) is 6.92 Å². The quantitative estimate of drug-likeness (QED) is 0.735. The zero-order valence-corrected chi connectivity index (χ0v) is 10.6. The van der Waals surface area contributed by atoms with Crippen molar-refractivity contribution in [2.24, 2.45) is 5.73 Å². The summed E-state index contributed by atoms with van der Waals surface area (Å²) in [7, 11) is 0. The molecule has 0 aliphatic rings. The van der Waals surface area contributed by atoms with Gasteiger partial charge in [0.05, 0.1) is 0 Å². The van der Waals surface area contributed by atoms with Gasteiger partial charge in [-0.2, -0.15) is 0 Å². The Morgan fingerprint density at radius 1 is 1.35 bits per heavy atom. The molecule has 0 aromatic heterocycles. The highest BCUT2D eigenvalue weighted by Gasteiger charge is 2.26. The Bertz CT molecular complexity index is 447. The first-order chi connectivity index (χ1) is 7.66. The number of carbonyl (C=O) groups is 1. The molecule has 0 fully saturated rings. The normalized spacial score (nSPS) is 13.5. The number of aryl methyl sites for hydroxylation is 1. The molecule has 94 valence electrons. The van der Waals surface area contributed by atoms with Crippen LogP contribution in [0.15, 0.2) is 12.1 Å². The van der Waals surface area contributed by atoms with E-state index in [9.17, 15) is 9.90 Å². The second-order valence-electron chi connectivity index (χ2n) is 5.26. The first-order valence-corrected chi connectivity index (χ1v) is 5.47. The van der Waals surface area contributed by atoms with Crippen LogP contribution in [-0.4, -0.2) is 16.2 Å². The molecule has 0 aliphatic carbocycles. The van der Waals surface area contributed by atoms with E-state index >= 15 is 0 Å². The molecule has 4 N–H and O–H groups in total. The molecule has 4 nitrogen and oxygen atoms in total. The maximum Gasteiger partial charge on any atom is 0.325 e. The Labute approximate surface area is 101 Å². The lowest BCUT2D eigenvalue weighted by atomic mass is 9.83. The lowest BCUT2D eigenvalue weighted by Crippen LogP contribution is -2.23. The van der Waals surface area contributed by atoms with Crippen molar-refractivity contribution in [1.82, 2.24) is 0 Å². The largest absolute Gasteiger partial charge is 0.507 e. The van der Waals surface area contributed by atoms with Crippen molar-refractivity contribution in [2.75, 3.05) is 0 Å². The van der Waals surface area contributed by atoms with Crippen molar-refractivity contribution in [1.29, 1.82) is 0 Å². The zero-order valence-electron chi connectivity index (χ0n) is 10.6. The van der Waals surface area contributed by atoms with Gasteiger partial charge in [-0.25, -0.2) is 0 Å². The van der Waals surface area contributed by atoms with E-state index in [0.717, 1.165) is 0 Å². The van der Waals surface area contributed by atoms with Crippen LogP contribution >= 0.6 is 0 Å². The highest BCUT2D eigenvalue weighted by molar-refractivity contribution is 5.77. The van der Waals surface area contributed by atoms with Gasteiger partial charge in [0.15, 0.2) is 0 Å². The Morgan fingerprint density at radius 3 is 2.29 bits per heavy atom. The standard InChI is InChI=1S/C13H19NO3/c1-7-5-6-8(13(2,3)4)11(15)9(7)10(14)12(16)17/h5-6,10,15H,14H2,1-4H3,(H,16,17). The van der Waals surface area contributed by atoms with E-state index in [1.165, 1.54) is 0 Å². The van der Waals surface area contributed by atoms with Crippen molar-refractivity contribution >= 4 is 5.97 Å². The van der Waals surface area contributed by atoms with E-state index < -0.39 is 12.0 Å². The molecule has 17 heavy (non-hydrogen) atoms. The van der Waals surface area contributed by atoms with E-state index in [4.69, 9.17) is 10.8 Å². The summed E-state index contributed by atoms with van der Waals surface area (Å²) >= 11 is 0. The molecule has 1 aromatic carbocycles. The van der Waals surface area contributed by atoms with Gasteiger partial charge >= 0.3 is 5.97 Å². The van der Waals surface area contributed by atoms with E-state index in [0.29, 0.717) is 16.7 Å². The molecule has 0 spiro atoms. The first-order valence-electron chi connectivity index (χ1n) is 5.47. The van der Waals surface area contributed by atoms with Gasteiger partial charge in [-0.05, 0) is 23.5 Å². The molecule has 0 amide bonds. The molecule has 1 atom stereocenters. The molecule has 0 aliphatic heterocycles. The number of rotatable bonds is 2. The molecule has 0 radical (unpaired) electrons. The average molecular weight is 237 g/mol. The van der Waals surface area contributed by atoms with Crippen LogP contribution in [0.1, 0.15) is 43.5 Å². The summed E-state index contributed by atoms with van der Waals surface area (Å²) in [6, 6.07) is 2.40. The van der Waals surface area contributed by atoms with Gasteiger partial charge in [-0.1, -0.05) is 32.9 Å². The smallest absolute Gasteiger partial charge is 0.325 e. The maximum atomic E-state index is 10.9. The number of carboxylic acids is 1. The molecule has 1 rings (SSSR count). The highest BCUT2D eigenvalue weighted by Crippen LogP contribution is 2.37. The highest BCUT2D eigenvalue weighted by atomic mass is 16.4. The Kier molecular flexibility index (Phi) is 3.48. The van der Waals surface area contributed by atoms with Gasteiger partial charge in [-0.15, -0.1) is 0 Å². The molecule has 1 unspecified atom stereocenters. The summed E-state index contributed by atoms with van der Waals surface area (Å²) in [5.74, 6) is -1.15. The van der Waals surface area contributed by atoms with Gasteiger partial charge in [0, 0.05) is 5.56 Å². The van der Waals surface area contributed by atoms with E-state index in [2.05, 4.69) is 0 Å². The molecule has 1 aromatic rings. The number of hydrogen-bond donors (Lipinski definition) is 3. The van der Waals surface area contributed by atoms with Crippen LogP contribution in [0.25, 0.3) is 0 Å².